The summed E-state index contributed by atoms with van der Waals surface area (Å²) >= 11 is 15.5. The molecule has 1 atom stereocenters. The van der Waals surface area contributed by atoms with E-state index in [1.54, 1.807) is 0 Å². The van der Waals surface area contributed by atoms with Crippen molar-refractivity contribution in [1.82, 2.24) is 5.32 Å². The molecule has 0 heterocycles. The molecule has 100 valence electrons. The molecule has 2 rings (SSSR count). The summed E-state index contributed by atoms with van der Waals surface area (Å²) in [6.45, 7) is 2.85. The van der Waals surface area contributed by atoms with Gasteiger partial charge in [-0.3, -0.25) is 0 Å². The predicted molar refractivity (Wildman–Crippen MR) is 85.9 cm³/mol. The molecule has 0 radical (unpaired) electrons. The van der Waals surface area contributed by atoms with Crippen LogP contribution in [-0.2, 0) is 6.54 Å². The van der Waals surface area contributed by atoms with Crippen molar-refractivity contribution in [3.63, 3.8) is 0 Å². The van der Waals surface area contributed by atoms with Crippen molar-refractivity contribution in [2.75, 3.05) is 0 Å². The minimum atomic E-state index is 0.247. The minimum Gasteiger partial charge on any atom is -0.306 e. The van der Waals surface area contributed by atoms with E-state index in [0.717, 1.165) is 26.6 Å². The fourth-order valence-corrected chi connectivity index (χ4v) is 2.66. The van der Waals surface area contributed by atoms with Crippen molar-refractivity contribution in [3.8, 4) is 0 Å². The fraction of sp³-hybridized carbons (Fsp3) is 0.200. The monoisotopic (exact) mass is 357 g/mol. The summed E-state index contributed by atoms with van der Waals surface area (Å²) in [5.74, 6) is 0. The molecule has 0 saturated carbocycles. The van der Waals surface area contributed by atoms with Crippen molar-refractivity contribution in [2.24, 2.45) is 0 Å². The Morgan fingerprint density at radius 1 is 1.11 bits per heavy atom. The van der Waals surface area contributed by atoms with Gasteiger partial charge in [-0.05, 0) is 42.3 Å². The SMILES string of the molecule is C[C@@H](NCc1ccc(Br)cc1Cl)c1ccc(Cl)cc1. The number of hydrogen-bond donors (Lipinski definition) is 1. The lowest BCUT2D eigenvalue weighted by Crippen LogP contribution is -2.18. The van der Waals surface area contributed by atoms with Crippen LogP contribution in [0.15, 0.2) is 46.9 Å². The van der Waals surface area contributed by atoms with Gasteiger partial charge in [0.15, 0.2) is 0 Å². The molecule has 0 saturated heterocycles. The zero-order valence-corrected chi connectivity index (χ0v) is 13.6. The molecule has 0 aromatic heterocycles. The van der Waals surface area contributed by atoms with Crippen LogP contribution in [0.1, 0.15) is 24.1 Å². The number of halogens is 3. The third-order valence-electron chi connectivity index (χ3n) is 2.98. The summed E-state index contributed by atoms with van der Waals surface area (Å²) < 4.78 is 0.993. The van der Waals surface area contributed by atoms with Gasteiger partial charge in [0.2, 0.25) is 0 Å². The second-order valence-electron chi connectivity index (χ2n) is 4.39. The van der Waals surface area contributed by atoms with Crippen molar-refractivity contribution in [2.45, 2.75) is 19.5 Å². The van der Waals surface area contributed by atoms with Crippen molar-refractivity contribution in [1.29, 1.82) is 0 Å². The van der Waals surface area contributed by atoms with Crippen LogP contribution in [0.25, 0.3) is 0 Å². The van der Waals surface area contributed by atoms with Gasteiger partial charge < -0.3 is 5.32 Å². The van der Waals surface area contributed by atoms with Gasteiger partial charge in [0.25, 0.3) is 0 Å². The Morgan fingerprint density at radius 2 is 1.79 bits per heavy atom. The van der Waals surface area contributed by atoms with E-state index in [0.29, 0.717) is 0 Å². The lowest BCUT2D eigenvalue weighted by molar-refractivity contribution is 0.575. The molecule has 0 aliphatic rings. The van der Waals surface area contributed by atoms with E-state index < -0.39 is 0 Å². The van der Waals surface area contributed by atoms with Crippen LogP contribution in [0.2, 0.25) is 10.0 Å². The lowest BCUT2D eigenvalue weighted by atomic mass is 10.1. The summed E-state index contributed by atoms with van der Waals surface area (Å²) in [6.07, 6.45) is 0. The average Bonchev–Trinajstić information content (AvgIpc) is 2.38. The van der Waals surface area contributed by atoms with Crippen LogP contribution in [-0.4, -0.2) is 0 Å². The summed E-state index contributed by atoms with van der Waals surface area (Å²) in [5, 5.41) is 4.98. The van der Waals surface area contributed by atoms with E-state index >= 15 is 0 Å². The average molecular weight is 359 g/mol. The van der Waals surface area contributed by atoms with Crippen LogP contribution in [0, 0.1) is 0 Å². The summed E-state index contributed by atoms with van der Waals surface area (Å²) in [6, 6.07) is 14.0. The maximum absolute atomic E-state index is 6.19. The first kappa shape index (κ1) is 14.9. The third-order valence-corrected chi connectivity index (χ3v) is 4.08. The molecule has 4 heteroatoms. The van der Waals surface area contributed by atoms with E-state index in [1.165, 1.54) is 5.56 Å². The largest absolute Gasteiger partial charge is 0.306 e. The quantitative estimate of drug-likeness (QED) is 0.749. The first-order valence-electron chi connectivity index (χ1n) is 5.99. The minimum absolute atomic E-state index is 0.247. The summed E-state index contributed by atoms with van der Waals surface area (Å²) in [5.41, 5.74) is 2.29. The summed E-state index contributed by atoms with van der Waals surface area (Å²) in [7, 11) is 0. The van der Waals surface area contributed by atoms with Gasteiger partial charge in [-0.25, -0.2) is 0 Å². The standard InChI is InChI=1S/C15H14BrCl2N/c1-10(11-3-6-14(17)7-4-11)19-9-12-2-5-13(16)8-15(12)18/h2-8,10,19H,9H2,1H3/t10-/m1/s1. The molecule has 1 nitrogen and oxygen atoms in total. The van der Waals surface area contributed by atoms with Crippen LogP contribution < -0.4 is 5.32 Å². The molecule has 2 aromatic carbocycles. The van der Waals surface area contributed by atoms with Crippen molar-refractivity contribution < 1.29 is 0 Å². The number of hydrogen-bond acceptors (Lipinski definition) is 1. The van der Waals surface area contributed by atoms with Gasteiger partial charge in [-0.15, -0.1) is 0 Å². The van der Waals surface area contributed by atoms with Gasteiger partial charge in [0, 0.05) is 27.1 Å². The fourth-order valence-electron chi connectivity index (χ4n) is 1.80. The van der Waals surface area contributed by atoms with Gasteiger partial charge in [0.1, 0.15) is 0 Å². The van der Waals surface area contributed by atoms with Crippen molar-refractivity contribution >= 4 is 39.1 Å². The Balaban J connectivity index is 2.00. The Labute approximate surface area is 132 Å². The second kappa shape index (κ2) is 6.76. The van der Waals surface area contributed by atoms with E-state index in [4.69, 9.17) is 23.2 Å². The molecule has 0 aliphatic carbocycles. The van der Waals surface area contributed by atoms with Gasteiger partial charge in [-0.2, -0.15) is 0 Å². The Morgan fingerprint density at radius 3 is 2.42 bits per heavy atom. The summed E-state index contributed by atoms with van der Waals surface area (Å²) in [4.78, 5) is 0. The Kier molecular flexibility index (Phi) is 5.28. The topological polar surface area (TPSA) is 12.0 Å². The second-order valence-corrected chi connectivity index (χ2v) is 6.15. The molecule has 0 amide bonds. The molecular weight excluding hydrogens is 345 g/mol. The third kappa shape index (κ3) is 4.22. The first-order chi connectivity index (χ1) is 9.06. The molecule has 2 aromatic rings. The highest BCUT2D eigenvalue weighted by Crippen LogP contribution is 2.22. The molecule has 19 heavy (non-hydrogen) atoms. The van der Waals surface area contributed by atoms with Gasteiger partial charge >= 0.3 is 0 Å². The predicted octanol–water partition coefficient (Wildman–Crippen LogP) is 5.61. The van der Waals surface area contributed by atoms with Crippen LogP contribution in [0.4, 0.5) is 0 Å². The van der Waals surface area contributed by atoms with E-state index in [-0.39, 0.29) is 6.04 Å². The first-order valence-corrected chi connectivity index (χ1v) is 7.54. The smallest absolute Gasteiger partial charge is 0.0462 e. The zero-order chi connectivity index (χ0) is 13.8. The number of benzene rings is 2. The molecule has 0 aliphatic heterocycles. The molecule has 1 N–H and O–H groups in total. The Bertz CT molecular complexity index is 555. The van der Waals surface area contributed by atoms with Crippen LogP contribution in [0.5, 0.6) is 0 Å². The van der Waals surface area contributed by atoms with Gasteiger partial charge in [-0.1, -0.05) is 57.3 Å². The van der Waals surface area contributed by atoms with Crippen LogP contribution >= 0.6 is 39.1 Å². The highest BCUT2D eigenvalue weighted by Gasteiger charge is 2.06. The highest BCUT2D eigenvalue weighted by atomic mass is 79.9. The highest BCUT2D eigenvalue weighted by molar-refractivity contribution is 9.10. The molecule has 0 fully saturated rings. The van der Waals surface area contributed by atoms with Crippen LogP contribution in [0.3, 0.4) is 0 Å². The molecule has 0 bridgehead atoms. The number of nitrogens with one attached hydrogen (secondary N) is 1. The zero-order valence-electron chi connectivity index (χ0n) is 10.5. The molecular formula is C15H14BrCl2N. The number of rotatable bonds is 4. The van der Waals surface area contributed by atoms with E-state index in [2.05, 4.69) is 28.2 Å². The molecule has 0 unspecified atom stereocenters. The Hall–Kier alpha value is -0.540. The maximum Gasteiger partial charge on any atom is 0.0462 e. The van der Waals surface area contributed by atoms with Crippen molar-refractivity contribution in [3.05, 3.63) is 68.1 Å². The normalized spacial score (nSPS) is 12.4. The molecule has 0 spiro atoms. The lowest BCUT2D eigenvalue weighted by Gasteiger charge is -2.15. The van der Waals surface area contributed by atoms with E-state index in [1.807, 2.05) is 42.5 Å². The maximum atomic E-state index is 6.19. The van der Waals surface area contributed by atoms with Gasteiger partial charge in [0.05, 0.1) is 0 Å². The van der Waals surface area contributed by atoms with E-state index in [9.17, 15) is 0 Å².